The molecule has 0 unspecified atom stereocenters. The second kappa shape index (κ2) is 5.13. The maximum atomic E-state index is 12.2. The first-order chi connectivity index (χ1) is 9.24. The van der Waals surface area contributed by atoms with Crippen molar-refractivity contribution >= 4 is 27.5 Å². The molecule has 0 saturated heterocycles. The van der Waals surface area contributed by atoms with Gasteiger partial charge in [-0.1, -0.05) is 0 Å². The quantitative estimate of drug-likeness (QED) is 0.836. The number of aryl methyl sites for hydroxylation is 1. The Kier molecular flexibility index (Phi) is 3.33. The van der Waals surface area contributed by atoms with Gasteiger partial charge in [-0.05, 0) is 53.7 Å². The Hall–Kier alpha value is -1.69. The maximum Gasteiger partial charge on any atom is 0.276 e. The Balaban J connectivity index is 1.80. The van der Waals surface area contributed by atoms with Crippen LogP contribution in [0.2, 0.25) is 0 Å². The number of aromatic nitrogens is 3. The zero-order valence-electron chi connectivity index (χ0n) is 10.2. The number of rotatable bonds is 2. The van der Waals surface area contributed by atoms with E-state index in [4.69, 9.17) is 0 Å². The molecule has 0 fully saturated rings. The fourth-order valence-corrected chi connectivity index (χ4v) is 2.54. The van der Waals surface area contributed by atoms with Crippen LogP contribution in [-0.4, -0.2) is 21.1 Å². The molecule has 0 saturated carbocycles. The van der Waals surface area contributed by atoms with Crippen molar-refractivity contribution in [2.24, 2.45) is 0 Å². The number of carbonyl (C=O) groups excluding carboxylic acids is 1. The van der Waals surface area contributed by atoms with Gasteiger partial charge in [0, 0.05) is 11.3 Å². The fraction of sp³-hybridized carbons (Fsp3) is 0.308. The highest BCUT2D eigenvalue weighted by Crippen LogP contribution is 2.22. The smallest absolute Gasteiger partial charge is 0.276 e. The second-order valence-corrected chi connectivity index (χ2v) is 5.37. The standard InChI is InChI=1S/C13H13BrN4O/c14-11-6-5-8(7-15-11)16-13(19)12-9-3-1-2-4-10(9)17-18-12/h5-7H,1-4H2,(H,16,19)(H,17,18). The van der Waals surface area contributed by atoms with Crippen molar-refractivity contribution in [2.45, 2.75) is 25.7 Å². The highest BCUT2D eigenvalue weighted by molar-refractivity contribution is 9.10. The van der Waals surface area contributed by atoms with E-state index >= 15 is 0 Å². The van der Waals surface area contributed by atoms with Crippen LogP contribution in [0.3, 0.4) is 0 Å². The first kappa shape index (κ1) is 12.3. The molecule has 2 N–H and O–H groups in total. The van der Waals surface area contributed by atoms with Gasteiger partial charge < -0.3 is 5.32 Å². The summed E-state index contributed by atoms with van der Waals surface area (Å²) in [4.78, 5) is 16.3. The van der Waals surface area contributed by atoms with Gasteiger partial charge in [0.1, 0.15) is 4.60 Å². The molecule has 1 amide bonds. The minimum atomic E-state index is -0.177. The zero-order valence-corrected chi connectivity index (χ0v) is 11.8. The molecule has 0 aromatic carbocycles. The number of amides is 1. The number of aromatic amines is 1. The van der Waals surface area contributed by atoms with Crippen LogP contribution < -0.4 is 5.32 Å². The second-order valence-electron chi connectivity index (χ2n) is 4.56. The highest BCUT2D eigenvalue weighted by Gasteiger charge is 2.21. The molecule has 1 aliphatic rings. The zero-order chi connectivity index (χ0) is 13.2. The molecule has 98 valence electrons. The van der Waals surface area contributed by atoms with E-state index in [9.17, 15) is 4.79 Å². The van der Waals surface area contributed by atoms with E-state index in [0.29, 0.717) is 11.4 Å². The van der Waals surface area contributed by atoms with Gasteiger partial charge in [0.05, 0.1) is 11.9 Å². The Morgan fingerprint density at radius 3 is 2.95 bits per heavy atom. The SMILES string of the molecule is O=C(Nc1ccc(Br)nc1)c1n[nH]c2c1CCCC2. The van der Waals surface area contributed by atoms with E-state index in [2.05, 4.69) is 36.4 Å². The van der Waals surface area contributed by atoms with E-state index in [0.717, 1.165) is 41.5 Å². The third kappa shape index (κ3) is 2.53. The van der Waals surface area contributed by atoms with Crippen molar-refractivity contribution in [2.75, 3.05) is 5.32 Å². The predicted molar refractivity (Wildman–Crippen MR) is 75.1 cm³/mol. The molecule has 2 aromatic heterocycles. The van der Waals surface area contributed by atoms with Crippen LogP contribution in [0.5, 0.6) is 0 Å². The van der Waals surface area contributed by atoms with E-state index in [1.165, 1.54) is 0 Å². The summed E-state index contributed by atoms with van der Waals surface area (Å²) in [7, 11) is 0. The first-order valence-corrected chi connectivity index (χ1v) is 7.02. The van der Waals surface area contributed by atoms with Crippen LogP contribution in [0.4, 0.5) is 5.69 Å². The lowest BCUT2D eigenvalue weighted by molar-refractivity contribution is 0.102. The number of hydrogen-bond donors (Lipinski definition) is 2. The summed E-state index contributed by atoms with van der Waals surface area (Å²) in [6, 6.07) is 3.59. The lowest BCUT2D eigenvalue weighted by atomic mass is 9.96. The fourth-order valence-electron chi connectivity index (χ4n) is 2.31. The molecule has 0 radical (unpaired) electrons. The summed E-state index contributed by atoms with van der Waals surface area (Å²) < 4.78 is 0.739. The summed E-state index contributed by atoms with van der Waals surface area (Å²) in [6.07, 6.45) is 5.79. The summed E-state index contributed by atoms with van der Waals surface area (Å²) in [5.41, 5.74) is 3.34. The van der Waals surface area contributed by atoms with Crippen LogP contribution in [0.15, 0.2) is 22.9 Å². The van der Waals surface area contributed by atoms with Gasteiger partial charge in [0.15, 0.2) is 5.69 Å². The number of fused-ring (bicyclic) bond motifs is 1. The third-order valence-electron chi connectivity index (χ3n) is 3.26. The summed E-state index contributed by atoms with van der Waals surface area (Å²) in [5, 5.41) is 9.93. The predicted octanol–water partition coefficient (Wildman–Crippen LogP) is 2.70. The van der Waals surface area contributed by atoms with Crippen LogP contribution >= 0.6 is 15.9 Å². The van der Waals surface area contributed by atoms with Crippen molar-refractivity contribution in [1.82, 2.24) is 15.2 Å². The van der Waals surface area contributed by atoms with Crippen LogP contribution in [0, 0.1) is 0 Å². The average molecular weight is 321 g/mol. The van der Waals surface area contributed by atoms with E-state index in [1.807, 2.05) is 0 Å². The molecule has 0 atom stereocenters. The number of halogens is 1. The molecular formula is C13H13BrN4O. The Labute approximate surface area is 119 Å². The van der Waals surface area contributed by atoms with Crippen molar-refractivity contribution in [3.05, 3.63) is 39.9 Å². The lowest BCUT2D eigenvalue weighted by Crippen LogP contribution is -2.15. The monoisotopic (exact) mass is 320 g/mol. The Bertz CT molecular complexity index is 606. The number of pyridine rings is 1. The molecule has 0 bridgehead atoms. The number of nitrogens with zero attached hydrogens (tertiary/aromatic N) is 2. The molecule has 0 spiro atoms. The Morgan fingerprint density at radius 2 is 2.16 bits per heavy atom. The average Bonchev–Trinajstić information content (AvgIpc) is 2.85. The molecule has 19 heavy (non-hydrogen) atoms. The minimum Gasteiger partial charge on any atom is -0.319 e. The molecule has 6 heteroatoms. The number of anilines is 1. The van der Waals surface area contributed by atoms with E-state index in [1.54, 1.807) is 18.3 Å². The Morgan fingerprint density at radius 1 is 1.32 bits per heavy atom. The topological polar surface area (TPSA) is 70.7 Å². The molecule has 5 nitrogen and oxygen atoms in total. The van der Waals surface area contributed by atoms with Crippen LogP contribution in [0.25, 0.3) is 0 Å². The van der Waals surface area contributed by atoms with Gasteiger partial charge in [-0.2, -0.15) is 5.10 Å². The van der Waals surface area contributed by atoms with Gasteiger partial charge in [-0.25, -0.2) is 4.98 Å². The summed E-state index contributed by atoms with van der Waals surface area (Å²) >= 11 is 3.26. The van der Waals surface area contributed by atoms with Gasteiger partial charge in [-0.15, -0.1) is 0 Å². The number of nitrogens with one attached hydrogen (secondary N) is 2. The molecular weight excluding hydrogens is 308 g/mol. The number of H-pyrrole nitrogens is 1. The van der Waals surface area contributed by atoms with E-state index < -0.39 is 0 Å². The highest BCUT2D eigenvalue weighted by atomic mass is 79.9. The van der Waals surface area contributed by atoms with Gasteiger partial charge in [-0.3, -0.25) is 9.89 Å². The minimum absolute atomic E-state index is 0.177. The van der Waals surface area contributed by atoms with Crippen molar-refractivity contribution < 1.29 is 4.79 Å². The lowest BCUT2D eigenvalue weighted by Gasteiger charge is -2.11. The molecule has 0 aliphatic heterocycles. The van der Waals surface area contributed by atoms with Gasteiger partial charge in [0.2, 0.25) is 0 Å². The normalized spacial score (nSPS) is 13.9. The number of carbonyl (C=O) groups is 1. The largest absolute Gasteiger partial charge is 0.319 e. The molecule has 1 aliphatic carbocycles. The van der Waals surface area contributed by atoms with Gasteiger partial charge >= 0.3 is 0 Å². The molecule has 2 heterocycles. The number of hydrogen-bond acceptors (Lipinski definition) is 3. The summed E-state index contributed by atoms with van der Waals surface area (Å²) in [5.74, 6) is -0.177. The van der Waals surface area contributed by atoms with Crippen LogP contribution in [0.1, 0.15) is 34.6 Å². The maximum absolute atomic E-state index is 12.2. The third-order valence-corrected chi connectivity index (χ3v) is 3.73. The van der Waals surface area contributed by atoms with Crippen LogP contribution in [-0.2, 0) is 12.8 Å². The van der Waals surface area contributed by atoms with Crippen molar-refractivity contribution in [3.8, 4) is 0 Å². The van der Waals surface area contributed by atoms with Gasteiger partial charge in [0.25, 0.3) is 5.91 Å². The van der Waals surface area contributed by atoms with Crippen molar-refractivity contribution in [1.29, 1.82) is 0 Å². The first-order valence-electron chi connectivity index (χ1n) is 6.23. The molecule has 2 aromatic rings. The van der Waals surface area contributed by atoms with Crippen molar-refractivity contribution in [3.63, 3.8) is 0 Å². The summed E-state index contributed by atoms with van der Waals surface area (Å²) in [6.45, 7) is 0. The molecule has 3 rings (SSSR count). The van der Waals surface area contributed by atoms with E-state index in [-0.39, 0.29) is 5.91 Å².